The van der Waals surface area contributed by atoms with E-state index in [1.54, 1.807) is 22.7 Å². The summed E-state index contributed by atoms with van der Waals surface area (Å²) in [5, 5.41) is 13.4. The van der Waals surface area contributed by atoms with Gasteiger partial charge in [-0.3, -0.25) is 0 Å². The van der Waals surface area contributed by atoms with Crippen molar-refractivity contribution in [2.75, 3.05) is 49.1 Å². The molecule has 0 aromatic carbocycles. The minimum atomic E-state index is 0.637. The van der Waals surface area contributed by atoms with Gasteiger partial charge in [0.25, 0.3) is 0 Å². The van der Waals surface area contributed by atoms with Crippen LogP contribution in [0, 0.1) is 0 Å². The summed E-state index contributed by atoms with van der Waals surface area (Å²) in [6.07, 6.45) is 6.15. The van der Waals surface area contributed by atoms with E-state index in [1.165, 1.54) is 23.1 Å². The van der Waals surface area contributed by atoms with Crippen LogP contribution in [0.2, 0.25) is 0 Å². The summed E-state index contributed by atoms with van der Waals surface area (Å²) in [7, 11) is 0. The molecule has 2 aliphatic heterocycles. The first-order valence-electron chi connectivity index (χ1n) is 9.55. The third kappa shape index (κ3) is 5.39. The summed E-state index contributed by atoms with van der Waals surface area (Å²) in [6.45, 7) is 11.0. The van der Waals surface area contributed by atoms with Gasteiger partial charge in [-0.25, -0.2) is 9.97 Å². The van der Waals surface area contributed by atoms with Gasteiger partial charge < -0.3 is 20.4 Å². The van der Waals surface area contributed by atoms with Gasteiger partial charge in [-0.05, 0) is 12.8 Å². The fourth-order valence-electron chi connectivity index (χ4n) is 3.29. The number of thiazole rings is 2. The lowest BCUT2D eigenvalue weighted by atomic mass is 10.2. The predicted molar refractivity (Wildman–Crippen MR) is 113 cm³/mol. The second kappa shape index (κ2) is 10.2. The van der Waals surface area contributed by atoms with E-state index >= 15 is 0 Å². The van der Waals surface area contributed by atoms with Crippen LogP contribution in [0.4, 0.5) is 10.3 Å². The van der Waals surface area contributed by atoms with Crippen molar-refractivity contribution in [1.29, 1.82) is 0 Å². The highest BCUT2D eigenvalue weighted by Crippen LogP contribution is 2.19. The number of aromatic nitrogens is 2. The Hall–Kier alpha value is -1.22. The first-order chi connectivity index (χ1) is 12.8. The zero-order valence-electron chi connectivity index (χ0n) is 15.7. The normalized spacial score (nSPS) is 23.5. The largest absolute Gasteiger partial charge is 0.345 e. The van der Waals surface area contributed by atoms with Crippen molar-refractivity contribution in [3.05, 3.63) is 23.2 Å². The summed E-state index contributed by atoms with van der Waals surface area (Å²) < 4.78 is 0. The van der Waals surface area contributed by atoms with E-state index in [2.05, 4.69) is 44.2 Å². The van der Waals surface area contributed by atoms with Gasteiger partial charge in [-0.15, -0.1) is 22.7 Å². The lowest BCUT2D eigenvalue weighted by Crippen LogP contribution is -2.50. The standard InChI is InChI=1S/2C9H15N3S/c2*1-2-8-7-12(5-3-10-8)9-11-4-6-13-9/h2*4,6,8,10H,2-3,5,7H2,1H3. The highest BCUT2D eigenvalue weighted by molar-refractivity contribution is 7.13. The number of piperazine rings is 2. The number of anilines is 2. The monoisotopic (exact) mass is 394 g/mol. The summed E-state index contributed by atoms with van der Waals surface area (Å²) in [6, 6.07) is 1.27. The van der Waals surface area contributed by atoms with Crippen molar-refractivity contribution in [3.8, 4) is 0 Å². The fourth-order valence-corrected chi connectivity index (χ4v) is 4.65. The molecule has 2 aliphatic rings. The molecule has 0 spiro atoms. The van der Waals surface area contributed by atoms with E-state index in [0.29, 0.717) is 12.1 Å². The molecule has 4 rings (SSSR count). The number of hydrogen-bond donors (Lipinski definition) is 2. The van der Waals surface area contributed by atoms with Gasteiger partial charge >= 0.3 is 0 Å². The number of nitrogens with zero attached hydrogens (tertiary/aromatic N) is 4. The average Bonchev–Trinajstić information content (AvgIpc) is 3.42. The molecular formula is C18H30N6S2. The Kier molecular flexibility index (Phi) is 7.67. The van der Waals surface area contributed by atoms with Crippen LogP contribution < -0.4 is 20.4 Å². The zero-order chi connectivity index (χ0) is 18.2. The molecule has 0 radical (unpaired) electrons. The van der Waals surface area contributed by atoms with Crippen LogP contribution in [0.1, 0.15) is 26.7 Å². The Morgan fingerprint density at radius 1 is 0.885 bits per heavy atom. The van der Waals surface area contributed by atoms with Crippen LogP contribution in [0.5, 0.6) is 0 Å². The molecule has 2 aromatic heterocycles. The first-order valence-corrected chi connectivity index (χ1v) is 11.3. The molecule has 8 heteroatoms. The van der Waals surface area contributed by atoms with Crippen LogP contribution >= 0.6 is 22.7 Å². The summed E-state index contributed by atoms with van der Waals surface area (Å²) >= 11 is 3.46. The van der Waals surface area contributed by atoms with Crippen molar-refractivity contribution in [2.45, 2.75) is 38.8 Å². The highest BCUT2D eigenvalue weighted by Gasteiger charge is 2.19. The molecule has 0 aliphatic carbocycles. The molecule has 0 bridgehead atoms. The van der Waals surface area contributed by atoms with Crippen LogP contribution in [-0.4, -0.2) is 61.3 Å². The molecule has 26 heavy (non-hydrogen) atoms. The lowest BCUT2D eigenvalue weighted by Gasteiger charge is -2.32. The van der Waals surface area contributed by atoms with Crippen molar-refractivity contribution in [3.63, 3.8) is 0 Å². The number of rotatable bonds is 4. The van der Waals surface area contributed by atoms with E-state index in [9.17, 15) is 0 Å². The molecule has 2 fully saturated rings. The summed E-state index contributed by atoms with van der Waals surface area (Å²) in [4.78, 5) is 13.4. The maximum atomic E-state index is 4.33. The zero-order valence-corrected chi connectivity index (χ0v) is 17.4. The van der Waals surface area contributed by atoms with Gasteiger partial charge in [0.15, 0.2) is 10.3 Å². The lowest BCUT2D eigenvalue weighted by molar-refractivity contribution is 0.446. The summed E-state index contributed by atoms with van der Waals surface area (Å²) in [5.74, 6) is 0. The van der Waals surface area contributed by atoms with Crippen molar-refractivity contribution in [2.24, 2.45) is 0 Å². The molecule has 2 saturated heterocycles. The number of nitrogens with one attached hydrogen (secondary N) is 2. The second-order valence-electron chi connectivity index (χ2n) is 6.64. The first kappa shape index (κ1) is 19.5. The van der Waals surface area contributed by atoms with Crippen LogP contribution in [0.25, 0.3) is 0 Å². The molecule has 0 saturated carbocycles. The van der Waals surface area contributed by atoms with Gasteiger partial charge in [-0.1, -0.05) is 13.8 Å². The third-order valence-corrected chi connectivity index (χ3v) is 6.54. The van der Waals surface area contributed by atoms with E-state index in [-0.39, 0.29) is 0 Å². The molecule has 144 valence electrons. The van der Waals surface area contributed by atoms with Crippen LogP contribution in [-0.2, 0) is 0 Å². The highest BCUT2D eigenvalue weighted by atomic mass is 32.1. The minimum Gasteiger partial charge on any atom is -0.345 e. The molecule has 6 nitrogen and oxygen atoms in total. The molecule has 4 heterocycles. The average molecular weight is 395 g/mol. The Bertz CT molecular complexity index is 549. The van der Waals surface area contributed by atoms with E-state index in [4.69, 9.17) is 0 Å². The Morgan fingerprint density at radius 3 is 1.69 bits per heavy atom. The van der Waals surface area contributed by atoms with E-state index in [1.807, 2.05) is 23.2 Å². The van der Waals surface area contributed by atoms with Crippen molar-refractivity contribution >= 4 is 32.9 Å². The van der Waals surface area contributed by atoms with Crippen LogP contribution in [0.15, 0.2) is 23.2 Å². The summed E-state index contributed by atoms with van der Waals surface area (Å²) in [5.41, 5.74) is 0. The van der Waals surface area contributed by atoms with Gasteiger partial charge in [0, 0.05) is 74.5 Å². The Balaban J connectivity index is 0.000000151. The van der Waals surface area contributed by atoms with Crippen molar-refractivity contribution < 1.29 is 0 Å². The molecule has 2 atom stereocenters. The van der Waals surface area contributed by atoms with Gasteiger partial charge in [0.05, 0.1) is 0 Å². The third-order valence-electron chi connectivity index (χ3n) is 4.88. The fraction of sp³-hybridized carbons (Fsp3) is 0.667. The quantitative estimate of drug-likeness (QED) is 0.832. The SMILES string of the molecule is CCC1CN(c2nccs2)CCN1.CCC1CN(c2nccs2)CCN1. The Morgan fingerprint density at radius 2 is 1.35 bits per heavy atom. The smallest absolute Gasteiger partial charge is 0.185 e. The topological polar surface area (TPSA) is 56.3 Å². The maximum absolute atomic E-state index is 4.33. The van der Waals surface area contributed by atoms with Gasteiger partial charge in [0.1, 0.15) is 0 Å². The maximum Gasteiger partial charge on any atom is 0.185 e. The van der Waals surface area contributed by atoms with Crippen LogP contribution in [0.3, 0.4) is 0 Å². The van der Waals surface area contributed by atoms with E-state index in [0.717, 1.165) is 39.3 Å². The molecule has 0 amide bonds. The Labute approximate surface area is 164 Å². The number of hydrogen-bond acceptors (Lipinski definition) is 8. The van der Waals surface area contributed by atoms with Gasteiger partial charge in [0.2, 0.25) is 0 Å². The molecule has 2 unspecified atom stereocenters. The minimum absolute atomic E-state index is 0.637. The molecule has 2 N–H and O–H groups in total. The second-order valence-corrected chi connectivity index (χ2v) is 8.39. The van der Waals surface area contributed by atoms with Crippen molar-refractivity contribution in [1.82, 2.24) is 20.6 Å². The van der Waals surface area contributed by atoms with Gasteiger partial charge in [-0.2, -0.15) is 0 Å². The molecule has 2 aromatic rings. The van der Waals surface area contributed by atoms with E-state index < -0.39 is 0 Å². The molecular weight excluding hydrogens is 364 g/mol. The predicted octanol–water partition coefficient (Wildman–Crippen LogP) is 2.66.